The van der Waals surface area contributed by atoms with Crippen LogP contribution in [-0.4, -0.2) is 65.4 Å². The Morgan fingerprint density at radius 3 is 1.53 bits per heavy atom. The van der Waals surface area contributed by atoms with Crippen molar-refractivity contribution in [2.45, 2.75) is 30.7 Å². The fourth-order valence-electron chi connectivity index (χ4n) is 3.65. The van der Waals surface area contributed by atoms with Crippen LogP contribution in [0.25, 0.3) is 0 Å². The summed E-state index contributed by atoms with van der Waals surface area (Å²) >= 11 is 0. The van der Waals surface area contributed by atoms with Gasteiger partial charge < -0.3 is 29.2 Å². The van der Waals surface area contributed by atoms with E-state index in [9.17, 15) is 24.6 Å². The molecule has 3 aromatic rings. The van der Waals surface area contributed by atoms with Crippen LogP contribution in [0.15, 0.2) is 91.0 Å². The van der Waals surface area contributed by atoms with Gasteiger partial charge in [-0.2, -0.15) is 0 Å². The van der Waals surface area contributed by atoms with E-state index in [1.54, 1.807) is 66.7 Å². The van der Waals surface area contributed by atoms with Crippen LogP contribution in [-0.2, 0) is 18.9 Å². The van der Waals surface area contributed by atoms with Crippen LogP contribution in [0.5, 0.6) is 0 Å². The zero-order valence-corrected chi connectivity index (χ0v) is 19.0. The second-order valence-corrected chi connectivity index (χ2v) is 7.99. The van der Waals surface area contributed by atoms with Gasteiger partial charge in [-0.25, -0.2) is 14.4 Å². The Labute approximate surface area is 206 Å². The van der Waals surface area contributed by atoms with Crippen molar-refractivity contribution >= 4 is 17.9 Å². The number of carbonyl (C=O) groups is 3. The molecule has 0 aromatic heterocycles. The molecule has 9 nitrogen and oxygen atoms in total. The summed E-state index contributed by atoms with van der Waals surface area (Å²) in [5.41, 5.74) is 0.655. The van der Waals surface area contributed by atoms with Crippen LogP contribution in [0, 0.1) is 0 Å². The second kappa shape index (κ2) is 11.6. The lowest BCUT2D eigenvalue weighted by molar-refractivity contribution is -0.284. The average Bonchev–Trinajstić information content (AvgIpc) is 2.92. The predicted octanol–water partition coefficient (Wildman–Crippen LogP) is 2.37. The third-order valence-electron chi connectivity index (χ3n) is 5.53. The first-order valence-corrected chi connectivity index (χ1v) is 11.2. The number of benzene rings is 3. The van der Waals surface area contributed by atoms with E-state index in [0.717, 1.165) is 0 Å². The Balaban J connectivity index is 1.52. The van der Waals surface area contributed by atoms with E-state index in [4.69, 9.17) is 18.9 Å². The molecular formula is C27H24O9. The van der Waals surface area contributed by atoms with Crippen LogP contribution in [0.2, 0.25) is 0 Å². The normalized spacial score (nSPS) is 23.3. The molecular weight excluding hydrogens is 468 g/mol. The number of hydrogen-bond acceptors (Lipinski definition) is 9. The molecule has 4 rings (SSSR count). The van der Waals surface area contributed by atoms with E-state index in [2.05, 4.69) is 0 Å². The molecule has 1 aliphatic heterocycles. The average molecular weight is 492 g/mol. The largest absolute Gasteiger partial charge is 0.459 e. The number of esters is 3. The molecule has 0 spiro atoms. The minimum atomic E-state index is -1.78. The summed E-state index contributed by atoms with van der Waals surface area (Å²) in [4.78, 5) is 37.7. The van der Waals surface area contributed by atoms with Crippen molar-refractivity contribution < 1.29 is 43.5 Å². The van der Waals surface area contributed by atoms with Gasteiger partial charge in [-0.1, -0.05) is 54.6 Å². The topological polar surface area (TPSA) is 129 Å². The van der Waals surface area contributed by atoms with E-state index in [0.29, 0.717) is 0 Å². The highest BCUT2D eigenvalue weighted by molar-refractivity contribution is 5.90. The van der Waals surface area contributed by atoms with Gasteiger partial charge in [0.25, 0.3) is 0 Å². The van der Waals surface area contributed by atoms with Gasteiger partial charge in [-0.05, 0) is 36.4 Å². The molecule has 0 bridgehead atoms. The Bertz CT molecular complexity index is 1170. The lowest BCUT2D eigenvalue weighted by atomic mass is 9.98. The summed E-state index contributed by atoms with van der Waals surface area (Å²) in [5.74, 6) is -2.30. The van der Waals surface area contributed by atoms with Crippen molar-refractivity contribution in [2.75, 3.05) is 6.61 Å². The van der Waals surface area contributed by atoms with E-state index in [-0.39, 0.29) is 16.7 Å². The van der Waals surface area contributed by atoms with Crippen LogP contribution in [0.3, 0.4) is 0 Å². The Kier molecular flexibility index (Phi) is 8.06. The summed E-state index contributed by atoms with van der Waals surface area (Å²) in [5, 5.41) is 21.6. The SMILES string of the molecule is O=C(OC[C@H]1O[C@H](O)[C@H](OC(=O)c2ccccc2)[C@@H](OC(=O)c2ccccc2)[C@H]1O)c1ccccc1. The summed E-state index contributed by atoms with van der Waals surface area (Å²) in [6.07, 6.45) is -7.72. The van der Waals surface area contributed by atoms with Crippen molar-refractivity contribution in [3.63, 3.8) is 0 Å². The summed E-state index contributed by atoms with van der Waals surface area (Å²) < 4.78 is 21.5. The highest BCUT2D eigenvalue weighted by Gasteiger charge is 2.50. The maximum Gasteiger partial charge on any atom is 0.338 e. The van der Waals surface area contributed by atoms with Gasteiger partial charge >= 0.3 is 17.9 Å². The number of carbonyl (C=O) groups excluding carboxylic acids is 3. The molecule has 0 amide bonds. The number of rotatable bonds is 7. The van der Waals surface area contributed by atoms with E-state index >= 15 is 0 Å². The fraction of sp³-hybridized carbons (Fsp3) is 0.222. The third-order valence-corrected chi connectivity index (χ3v) is 5.53. The molecule has 0 aliphatic carbocycles. The van der Waals surface area contributed by atoms with Crippen LogP contribution >= 0.6 is 0 Å². The minimum Gasteiger partial charge on any atom is -0.459 e. The van der Waals surface area contributed by atoms with E-state index in [1.807, 2.05) is 0 Å². The van der Waals surface area contributed by atoms with Gasteiger partial charge in [-0.15, -0.1) is 0 Å². The number of aliphatic hydroxyl groups excluding tert-OH is 2. The molecule has 1 saturated heterocycles. The first-order valence-electron chi connectivity index (χ1n) is 11.2. The van der Waals surface area contributed by atoms with Gasteiger partial charge in [0, 0.05) is 0 Å². The molecule has 2 N–H and O–H groups in total. The van der Waals surface area contributed by atoms with Crippen molar-refractivity contribution in [3.05, 3.63) is 108 Å². The molecule has 186 valence electrons. The summed E-state index contributed by atoms with van der Waals surface area (Å²) in [7, 11) is 0. The molecule has 1 aliphatic rings. The first kappa shape index (κ1) is 25.1. The molecule has 1 heterocycles. The van der Waals surface area contributed by atoms with Crippen molar-refractivity contribution in [3.8, 4) is 0 Å². The maximum atomic E-state index is 12.7. The van der Waals surface area contributed by atoms with Crippen molar-refractivity contribution in [1.29, 1.82) is 0 Å². The highest BCUT2D eigenvalue weighted by atomic mass is 16.7. The molecule has 9 heteroatoms. The minimum absolute atomic E-state index is 0.186. The molecule has 5 atom stereocenters. The van der Waals surface area contributed by atoms with E-state index < -0.39 is 55.2 Å². The second-order valence-electron chi connectivity index (χ2n) is 7.99. The monoisotopic (exact) mass is 492 g/mol. The molecule has 0 radical (unpaired) electrons. The lowest BCUT2D eigenvalue weighted by Gasteiger charge is -2.41. The Hall–Kier alpha value is -4.05. The first-order chi connectivity index (χ1) is 17.4. The fourth-order valence-corrected chi connectivity index (χ4v) is 3.65. The Morgan fingerprint density at radius 1 is 0.639 bits per heavy atom. The molecule has 3 aromatic carbocycles. The van der Waals surface area contributed by atoms with Crippen molar-refractivity contribution in [1.82, 2.24) is 0 Å². The number of hydrogen-bond donors (Lipinski definition) is 2. The maximum absolute atomic E-state index is 12.7. The smallest absolute Gasteiger partial charge is 0.338 e. The molecule has 0 unspecified atom stereocenters. The Morgan fingerprint density at radius 2 is 1.06 bits per heavy atom. The van der Waals surface area contributed by atoms with Gasteiger partial charge in [0.1, 0.15) is 18.8 Å². The van der Waals surface area contributed by atoms with Crippen LogP contribution in [0.4, 0.5) is 0 Å². The van der Waals surface area contributed by atoms with Crippen molar-refractivity contribution in [2.24, 2.45) is 0 Å². The van der Waals surface area contributed by atoms with Crippen LogP contribution in [0.1, 0.15) is 31.1 Å². The standard InChI is InChI=1S/C27H24O9/c28-21-20(16-33-24(29)17-10-4-1-5-11-17)34-27(32)23(36-26(31)19-14-8-3-9-15-19)22(21)35-25(30)18-12-6-2-7-13-18/h1-15,20-23,27-28,32H,16H2/t20-,21+,22+,23-,27+/m1/s1. The van der Waals surface area contributed by atoms with Gasteiger partial charge in [-0.3, -0.25) is 0 Å². The lowest BCUT2D eigenvalue weighted by Crippen LogP contribution is -2.61. The zero-order valence-electron chi connectivity index (χ0n) is 19.0. The van der Waals surface area contributed by atoms with Gasteiger partial charge in [0.2, 0.25) is 0 Å². The number of aliphatic hydroxyl groups is 2. The molecule has 0 saturated carbocycles. The van der Waals surface area contributed by atoms with Gasteiger partial charge in [0.05, 0.1) is 16.7 Å². The molecule has 1 fully saturated rings. The van der Waals surface area contributed by atoms with E-state index in [1.165, 1.54) is 24.3 Å². The highest BCUT2D eigenvalue weighted by Crippen LogP contribution is 2.27. The third kappa shape index (κ3) is 5.95. The van der Waals surface area contributed by atoms with Gasteiger partial charge in [0.15, 0.2) is 18.5 Å². The summed E-state index contributed by atoms with van der Waals surface area (Å²) in [6.45, 7) is -0.454. The number of ether oxygens (including phenoxy) is 4. The summed E-state index contributed by atoms with van der Waals surface area (Å²) in [6, 6.07) is 24.1. The quantitative estimate of drug-likeness (QED) is 0.377. The zero-order chi connectivity index (χ0) is 25.5. The van der Waals surface area contributed by atoms with Crippen LogP contribution < -0.4 is 0 Å². The predicted molar refractivity (Wildman–Crippen MR) is 125 cm³/mol. The molecule has 36 heavy (non-hydrogen) atoms.